The van der Waals surface area contributed by atoms with E-state index in [-0.39, 0.29) is 5.82 Å². The van der Waals surface area contributed by atoms with Gasteiger partial charge in [0, 0.05) is 12.1 Å². The van der Waals surface area contributed by atoms with Crippen molar-refractivity contribution in [1.82, 2.24) is 19.7 Å². The molecule has 0 saturated carbocycles. The third-order valence-electron chi connectivity index (χ3n) is 4.67. The van der Waals surface area contributed by atoms with Crippen molar-refractivity contribution in [2.75, 3.05) is 24.7 Å². The number of nitrogens with two attached hydrogens (primary N) is 1. The number of methoxy groups -OCH3 is 1. The highest BCUT2D eigenvalue weighted by Gasteiger charge is 2.19. The Bertz CT molecular complexity index is 1170. The first-order chi connectivity index (χ1) is 14.5. The molecule has 2 aromatic heterocycles. The van der Waals surface area contributed by atoms with Crippen LogP contribution in [-0.4, -0.2) is 33.4 Å². The monoisotopic (exact) mass is 406 g/mol. The standard InChI is InChI=1S/C22H23FN6O/c1-13(2)12-25-22-26-19(14-4-10-17(30-3)11-5-14)18-20(24)29(28-21(18)27-22)16-8-6-15(23)7-9-16/h4-11,13H,12,24H2,1-3H3,(H,25,27,28). The van der Waals surface area contributed by atoms with Gasteiger partial charge in [0.25, 0.3) is 0 Å². The highest BCUT2D eigenvalue weighted by atomic mass is 19.1. The summed E-state index contributed by atoms with van der Waals surface area (Å²) in [6.07, 6.45) is 0. The largest absolute Gasteiger partial charge is 0.497 e. The molecule has 2 aromatic carbocycles. The summed E-state index contributed by atoms with van der Waals surface area (Å²) in [5, 5.41) is 8.47. The second kappa shape index (κ2) is 7.98. The van der Waals surface area contributed by atoms with Crippen molar-refractivity contribution in [3.05, 3.63) is 54.3 Å². The molecule has 0 fully saturated rings. The summed E-state index contributed by atoms with van der Waals surface area (Å²) in [5.74, 6) is 1.71. The van der Waals surface area contributed by atoms with E-state index in [9.17, 15) is 4.39 Å². The number of hydrogen-bond donors (Lipinski definition) is 2. The number of aromatic nitrogens is 4. The zero-order chi connectivity index (χ0) is 21.3. The molecule has 30 heavy (non-hydrogen) atoms. The lowest BCUT2D eigenvalue weighted by atomic mass is 10.1. The molecule has 0 amide bonds. The zero-order valence-corrected chi connectivity index (χ0v) is 17.1. The lowest BCUT2D eigenvalue weighted by molar-refractivity contribution is 0.415. The molecule has 0 aliphatic heterocycles. The first kappa shape index (κ1) is 19.6. The Hall–Kier alpha value is -3.68. The summed E-state index contributed by atoms with van der Waals surface area (Å²) in [7, 11) is 1.62. The smallest absolute Gasteiger partial charge is 0.225 e. The minimum Gasteiger partial charge on any atom is -0.497 e. The number of ether oxygens (including phenoxy) is 1. The molecule has 0 atom stereocenters. The number of fused-ring (bicyclic) bond motifs is 1. The van der Waals surface area contributed by atoms with Crippen LogP contribution in [-0.2, 0) is 0 Å². The summed E-state index contributed by atoms with van der Waals surface area (Å²) in [6.45, 7) is 4.94. The number of nitrogen functional groups attached to an aromatic ring is 1. The molecule has 0 unspecified atom stereocenters. The van der Waals surface area contributed by atoms with E-state index in [0.717, 1.165) is 17.9 Å². The van der Waals surface area contributed by atoms with E-state index >= 15 is 0 Å². The number of hydrogen-bond acceptors (Lipinski definition) is 6. The molecule has 0 bridgehead atoms. The quantitative estimate of drug-likeness (QED) is 0.497. The number of rotatable bonds is 6. The summed E-state index contributed by atoms with van der Waals surface area (Å²) >= 11 is 0. The lowest BCUT2D eigenvalue weighted by Gasteiger charge is -2.10. The summed E-state index contributed by atoms with van der Waals surface area (Å²) in [4.78, 5) is 9.28. The van der Waals surface area contributed by atoms with Crippen LogP contribution in [0.25, 0.3) is 28.0 Å². The van der Waals surface area contributed by atoms with Crippen LogP contribution < -0.4 is 15.8 Å². The Morgan fingerprint density at radius 2 is 1.77 bits per heavy atom. The van der Waals surface area contributed by atoms with Gasteiger partial charge < -0.3 is 15.8 Å². The van der Waals surface area contributed by atoms with Crippen LogP contribution in [0.2, 0.25) is 0 Å². The predicted octanol–water partition coefficient (Wildman–Crippen LogP) is 4.28. The number of anilines is 2. The molecule has 0 spiro atoms. The maximum atomic E-state index is 13.4. The summed E-state index contributed by atoms with van der Waals surface area (Å²) < 4.78 is 20.2. The average molecular weight is 406 g/mol. The fourth-order valence-corrected chi connectivity index (χ4v) is 3.12. The summed E-state index contributed by atoms with van der Waals surface area (Å²) in [5.41, 5.74) is 9.09. The third kappa shape index (κ3) is 3.76. The lowest BCUT2D eigenvalue weighted by Crippen LogP contribution is -2.11. The maximum Gasteiger partial charge on any atom is 0.225 e. The van der Waals surface area contributed by atoms with Crippen molar-refractivity contribution in [3.8, 4) is 22.7 Å². The fourth-order valence-electron chi connectivity index (χ4n) is 3.12. The van der Waals surface area contributed by atoms with Crippen molar-refractivity contribution in [3.63, 3.8) is 0 Å². The van der Waals surface area contributed by atoms with Crippen molar-refractivity contribution >= 4 is 22.8 Å². The van der Waals surface area contributed by atoms with Gasteiger partial charge >= 0.3 is 0 Å². The first-order valence-corrected chi connectivity index (χ1v) is 9.66. The van der Waals surface area contributed by atoms with Crippen LogP contribution in [0.4, 0.5) is 16.2 Å². The van der Waals surface area contributed by atoms with Gasteiger partial charge in [0.05, 0.1) is 23.9 Å². The van der Waals surface area contributed by atoms with Gasteiger partial charge in [-0.2, -0.15) is 4.98 Å². The van der Waals surface area contributed by atoms with Gasteiger partial charge in [-0.1, -0.05) is 13.8 Å². The molecule has 0 aliphatic carbocycles. The topological polar surface area (TPSA) is 90.9 Å². The van der Waals surface area contributed by atoms with E-state index in [2.05, 4.69) is 29.2 Å². The van der Waals surface area contributed by atoms with Crippen molar-refractivity contribution in [1.29, 1.82) is 0 Å². The van der Waals surface area contributed by atoms with Gasteiger partial charge in [-0.3, -0.25) is 0 Å². The van der Waals surface area contributed by atoms with Gasteiger partial charge in [-0.25, -0.2) is 14.1 Å². The van der Waals surface area contributed by atoms with Crippen LogP contribution in [0, 0.1) is 11.7 Å². The van der Waals surface area contributed by atoms with Crippen LogP contribution >= 0.6 is 0 Å². The molecule has 0 radical (unpaired) electrons. The second-order valence-electron chi connectivity index (χ2n) is 7.37. The molecular formula is C22H23FN6O. The van der Waals surface area contributed by atoms with E-state index in [1.165, 1.54) is 12.1 Å². The first-order valence-electron chi connectivity index (χ1n) is 9.66. The molecule has 7 nitrogen and oxygen atoms in total. The minimum absolute atomic E-state index is 0.326. The Morgan fingerprint density at radius 3 is 2.40 bits per heavy atom. The van der Waals surface area contributed by atoms with Gasteiger partial charge in [0.2, 0.25) is 5.95 Å². The minimum atomic E-state index is -0.326. The van der Waals surface area contributed by atoms with Crippen molar-refractivity contribution in [2.45, 2.75) is 13.8 Å². The second-order valence-corrected chi connectivity index (χ2v) is 7.37. The maximum absolute atomic E-state index is 13.4. The molecule has 154 valence electrons. The molecule has 3 N–H and O–H groups in total. The van der Waals surface area contributed by atoms with Crippen molar-refractivity contribution in [2.24, 2.45) is 5.92 Å². The van der Waals surface area contributed by atoms with Crippen LogP contribution in [0.5, 0.6) is 5.75 Å². The van der Waals surface area contributed by atoms with E-state index < -0.39 is 0 Å². The Morgan fingerprint density at radius 1 is 1.07 bits per heavy atom. The molecule has 2 heterocycles. The fraction of sp³-hybridized carbons (Fsp3) is 0.227. The number of nitrogens with zero attached hydrogens (tertiary/aromatic N) is 4. The number of halogens is 1. The van der Waals surface area contributed by atoms with Gasteiger partial charge in [-0.05, 0) is 54.4 Å². The van der Waals surface area contributed by atoms with Crippen LogP contribution in [0.1, 0.15) is 13.8 Å². The highest BCUT2D eigenvalue weighted by Crippen LogP contribution is 2.33. The highest BCUT2D eigenvalue weighted by molar-refractivity contribution is 5.99. The zero-order valence-electron chi connectivity index (χ0n) is 17.1. The van der Waals surface area contributed by atoms with Gasteiger partial charge in [0.15, 0.2) is 5.65 Å². The molecule has 0 aliphatic rings. The van der Waals surface area contributed by atoms with E-state index in [1.54, 1.807) is 23.9 Å². The van der Waals surface area contributed by atoms with Gasteiger partial charge in [0.1, 0.15) is 17.4 Å². The van der Waals surface area contributed by atoms with Crippen molar-refractivity contribution < 1.29 is 9.13 Å². The summed E-state index contributed by atoms with van der Waals surface area (Å²) in [6, 6.07) is 13.5. The van der Waals surface area contributed by atoms with E-state index in [4.69, 9.17) is 15.5 Å². The molecular weight excluding hydrogens is 383 g/mol. The van der Waals surface area contributed by atoms with Crippen LogP contribution in [0.15, 0.2) is 48.5 Å². The van der Waals surface area contributed by atoms with E-state index in [1.807, 2.05) is 24.3 Å². The third-order valence-corrected chi connectivity index (χ3v) is 4.67. The molecule has 4 rings (SSSR count). The van der Waals surface area contributed by atoms with Crippen LogP contribution in [0.3, 0.4) is 0 Å². The Balaban J connectivity index is 1.90. The average Bonchev–Trinajstić information content (AvgIpc) is 3.09. The predicted molar refractivity (Wildman–Crippen MR) is 116 cm³/mol. The Kier molecular flexibility index (Phi) is 5.22. The van der Waals surface area contributed by atoms with Gasteiger partial charge in [-0.15, -0.1) is 5.10 Å². The SMILES string of the molecule is COc1ccc(-c2nc(NCC(C)C)nc3nn(-c4ccc(F)cc4)c(N)c23)cc1. The molecule has 8 heteroatoms. The normalized spacial score (nSPS) is 11.2. The molecule has 0 saturated heterocycles. The number of benzene rings is 2. The Labute approximate surface area is 173 Å². The van der Waals surface area contributed by atoms with E-state index in [0.29, 0.717) is 40.1 Å². The molecule has 4 aromatic rings. The number of nitrogens with one attached hydrogen (secondary N) is 1.